The van der Waals surface area contributed by atoms with Crippen LogP contribution in [-0.4, -0.2) is 71.4 Å². The Hall–Kier alpha value is -3.49. The molecule has 3 aliphatic heterocycles. The summed E-state index contributed by atoms with van der Waals surface area (Å²) < 4.78 is 6.52. The van der Waals surface area contributed by atoms with Gasteiger partial charge in [-0.25, -0.2) is 0 Å². The van der Waals surface area contributed by atoms with Crippen LogP contribution in [0.2, 0.25) is 0 Å². The number of amides is 3. The molecule has 3 heterocycles. The van der Waals surface area contributed by atoms with Gasteiger partial charge < -0.3 is 25.2 Å². The van der Waals surface area contributed by atoms with Crippen LogP contribution in [0, 0.1) is 25.7 Å². The van der Waals surface area contributed by atoms with E-state index in [1.807, 2.05) is 62.4 Å². The largest absolute Gasteiger partial charge is 0.359 e. The minimum atomic E-state index is -1.14. The van der Waals surface area contributed by atoms with Gasteiger partial charge in [0.1, 0.15) is 11.6 Å². The number of fused-ring (bicyclic) bond motifs is 1. The number of carbonyl (C=O) groups is 3. The Bertz CT molecular complexity index is 1390. The Morgan fingerprint density at radius 1 is 1.02 bits per heavy atom. The normalized spacial score (nSPS) is 28.0. The minimum Gasteiger partial charge on any atom is -0.359 e. The van der Waals surface area contributed by atoms with Crippen molar-refractivity contribution in [1.29, 1.82) is 0 Å². The number of ether oxygens (including phenoxy) is 1. The zero-order valence-corrected chi connectivity index (χ0v) is 25.6. The molecule has 5 unspecified atom stereocenters. The number of likely N-dealkylation sites (tertiary alicyclic amines) is 1. The average molecular weight is 585 g/mol. The van der Waals surface area contributed by atoms with Crippen LogP contribution < -0.4 is 10.6 Å². The summed E-state index contributed by atoms with van der Waals surface area (Å²) in [6.07, 6.45) is 9.23. The van der Waals surface area contributed by atoms with Gasteiger partial charge in [-0.15, -0.1) is 0 Å². The van der Waals surface area contributed by atoms with Crippen molar-refractivity contribution in [3.8, 4) is 0 Å². The zero-order chi connectivity index (χ0) is 30.1. The molecule has 1 saturated carbocycles. The third kappa shape index (κ3) is 5.75. The molecule has 228 valence electrons. The lowest BCUT2D eigenvalue weighted by molar-refractivity contribution is -0.141. The number of hydrogen-bond acceptors (Lipinski definition) is 5. The maximum absolute atomic E-state index is 14.2. The lowest BCUT2D eigenvalue weighted by Crippen LogP contribution is -2.56. The summed E-state index contributed by atoms with van der Waals surface area (Å²) in [6.45, 7) is 6.04. The average Bonchev–Trinajstić information content (AvgIpc) is 3.63. The van der Waals surface area contributed by atoms with Crippen molar-refractivity contribution in [3.05, 3.63) is 77.4 Å². The van der Waals surface area contributed by atoms with Crippen LogP contribution in [0.25, 0.3) is 0 Å². The zero-order valence-electron chi connectivity index (χ0n) is 25.6. The highest BCUT2D eigenvalue weighted by Crippen LogP contribution is 2.55. The molecule has 3 amide bonds. The van der Waals surface area contributed by atoms with Gasteiger partial charge in [0.25, 0.3) is 0 Å². The van der Waals surface area contributed by atoms with Crippen molar-refractivity contribution >= 4 is 23.4 Å². The molecule has 2 N–H and O–H groups in total. The molecule has 5 atom stereocenters. The van der Waals surface area contributed by atoms with E-state index in [9.17, 15) is 14.4 Å². The van der Waals surface area contributed by atoms with Crippen LogP contribution in [0.4, 0.5) is 5.69 Å². The van der Waals surface area contributed by atoms with E-state index in [-0.39, 0.29) is 23.8 Å². The second-order valence-electron chi connectivity index (χ2n) is 12.9. The highest BCUT2D eigenvalue weighted by Gasteiger charge is 2.72. The minimum absolute atomic E-state index is 0.108. The van der Waals surface area contributed by atoms with Crippen molar-refractivity contribution in [1.82, 2.24) is 15.1 Å². The summed E-state index contributed by atoms with van der Waals surface area (Å²) in [6, 6.07) is 15.4. The Morgan fingerprint density at radius 2 is 1.79 bits per heavy atom. The van der Waals surface area contributed by atoms with E-state index in [1.54, 1.807) is 4.90 Å². The Kier molecular flexibility index (Phi) is 8.42. The number of nitrogens with one attached hydrogen (secondary N) is 2. The van der Waals surface area contributed by atoms with Gasteiger partial charge in [0.15, 0.2) is 0 Å². The molecule has 2 aromatic carbocycles. The lowest BCUT2D eigenvalue weighted by Gasteiger charge is -2.34. The number of aryl methyl sites for hydroxylation is 2. The quantitative estimate of drug-likeness (QED) is 0.405. The fourth-order valence-corrected chi connectivity index (χ4v) is 7.56. The summed E-state index contributed by atoms with van der Waals surface area (Å²) >= 11 is 0. The molecule has 0 radical (unpaired) electrons. The Morgan fingerprint density at radius 3 is 2.53 bits per heavy atom. The Balaban J connectivity index is 1.21. The van der Waals surface area contributed by atoms with Crippen molar-refractivity contribution in [3.63, 3.8) is 0 Å². The number of nitrogens with zero attached hydrogens (tertiary/aromatic N) is 2. The van der Waals surface area contributed by atoms with Crippen LogP contribution in [0.5, 0.6) is 0 Å². The molecular weight excluding hydrogens is 540 g/mol. The molecule has 3 fully saturated rings. The van der Waals surface area contributed by atoms with E-state index < -0.39 is 29.6 Å². The van der Waals surface area contributed by atoms with Gasteiger partial charge in [-0.2, -0.15) is 0 Å². The predicted molar refractivity (Wildman–Crippen MR) is 166 cm³/mol. The third-order valence-electron chi connectivity index (χ3n) is 9.89. The summed E-state index contributed by atoms with van der Waals surface area (Å²) in [5, 5.41) is 6.31. The van der Waals surface area contributed by atoms with E-state index in [4.69, 9.17) is 4.74 Å². The lowest BCUT2D eigenvalue weighted by atomic mass is 9.74. The van der Waals surface area contributed by atoms with Gasteiger partial charge in [-0.3, -0.25) is 14.4 Å². The smallest absolute Gasteiger partial charge is 0.246 e. The molecule has 4 aliphatic rings. The second-order valence-corrected chi connectivity index (χ2v) is 12.9. The van der Waals surface area contributed by atoms with E-state index in [0.717, 1.165) is 49.9 Å². The van der Waals surface area contributed by atoms with Crippen molar-refractivity contribution in [2.45, 2.75) is 82.7 Å². The fraction of sp³-hybridized carbons (Fsp3) is 0.514. The van der Waals surface area contributed by atoms with Gasteiger partial charge in [0, 0.05) is 24.8 Å². The topological polar surface area (TPSA) is 91.0 Å². The summed E-state index contributed by atoms with van der Waals surface area (Å²) in [5.41, 5.74) is 3.02. The number of anilines is 1. The molecule has 2 aromatic rings. The summed E-state index contributed by atoms with van der Waals surface area (Å²) in [7, 11) is 2.07. The second kappa shape index (κ2) is 12.2. The maximum atomic E-state index is 14.2. The van der Waals surface area contributed by atoms with Crippen molar-refractivity contribution in [2.24, 2.45) is 11.8 Å². The van der Waals surface area contributed by atoms with Crippen LogP contribution in [0.1, 0.15) is 55.2 Å². The van der Waals surface area contributed by atoms with Gasteiger partial charge in [-0.1, -0.05) is 67.8 Å². The molecule has 8 nitrogen and oxygen atoms in total. The van der Waals surface area contributed by atoms with E-state index >= 15 is 0 Å². The molecule has 6 rings (SSSR count). The molecule has 1 spiro atoms. The van der Waals surface area contributed by atoms with Gasteiger partial charge in [0.2, 0.25) is 17.7 Å². The highest BCUT2D eigenvalue weighted by molar-refractivity contribution is 6.02. The molecular formula is C35H44N4O4. The first kappa shape index (κ1) is 29.6. The Labute approximate surface area is 254 Å². The molecule has 1 aliphatic carbocycles. The number of hydrogen-bond donors (Lipinski definition) is 2. The number of benzene rings is 2. The van der Waals surface area contributed by atoms with Gasteiger partial charge in [-0.05, 0) is 75.5 Å². The third-order valence-corrected chi connectivity index (χ3v) is 9.89. The number of rotatable bonds is 10. The van der Waals surface area contributed by atoms with Gasteiger partial charge in [0.05, 0.1) is 17.9 Å². The van der Waals surface area contributed by atoms with E-state index in [0.29, 0.717) is 18.7 Å². The molecule has 2 saturated heterocycles. The van der Waals surface area contributed by atoms with Crippen molar-refractivity contribution in [2.75, 3.05) is 25.5 Å². The summed E-state index contributed by atoms with van der Waals surface area (Å²) in [5.74, 6) is -2.01. The van der Waals surface area contributed by atoms with Crippen LogP contribution in [-0.2, 0) is 25.7 Å². The standard InChI is InChI=1S/C35H44N4O4/c1-23-15-16-27(21-24(23)2)37-32(40)29-28-17-18-35(43-28)30(29)34(42)39(31(35)33(41)36-26-13-8-5-9-14-26)20-10-19-38(3)22-25-11-6-4-7-12-25/h4,6-7,11-12,15-18,21,26,28-31H,5,8-10,13-14,19-20,22H2,1-3H3,(H,36,41)(H,37,40). The fourth-order valence-electron chi connectivity index (χ4n) is 7.56. The predicted octanol–water partition coefficient (Wildman–Crippen LogP) is 4.36. The van der Waals surface area contributed by atoms with Crippen LogP contribution in [0.15, 0.2) is 60.7 Å². The first-order chi connectivity index (χ1) is 20.8. The van der Waals surface area contributed by atoms with Crippen LogP contribution >= 0.6 is 0 Å². The monoisotopic (exact) mass is 584 g/mol. The van der Waals surface area contributed by atoms with Crippen LogP contribution in [0.3, 0.4) is 0 Å². The molecule has 2 bridgehead atoms. The highest BCUT2D eigenvalue weighted by atomic mass is 16.5. The maximum Gasteiger partial charge on any atom is 0.246 e. The van der Waals surface area contributed by atoms with Gasteiger partial charge >= 0.3 is 0 Å². The first-order valence-electron chi connectivity index (χ1n) is 15.9. The van der Waals surface area contributed by atoms with E-state index in [2.05, 4.69) is 34.7 Å². The SMILES string of the molecule is Cc1ccc(NC(=O)C2C3C=CC4(O3)C2C(=O)N(CCCN(C)Cc2ccccc2)C4C(=O)NC2CCCCC2)cc1C. The number of carbonyl (C=O) groups excluding carboxylic acids is 3. The molecule has 0 aromatic heterocycles. The molecule has 8 heteroatoms. The summed E-state index contributed by atoms with van der Waals surface area (Å²) in [4.78, 5) is 46.0. The van der Waals surface area contributed by atoms with Crippen molar-refractivity contribution < 1.29 is 19.1 Å². The van der Waals surface area contributed by atoms with E-state index in [1.165, 1.54) is 12.0 Å². The molecule has 43 heavy (non-hydrogen) atoms. The first-order valence-corrected chi connectivity index (χ1v) is 15.9.